The van der Waals surface area contributed by atoms with Gasteiger partial charge in [0.15, 0.2) is 0 Å². The smallest absolute Gasteiger partial charge is 0.0195 e. The lowest BCUT2D eigenvalue weighted by Crippen LogP contribution is -2.46. The summed E-state index contributed by atoms with van der Waals surface area (Å²) in [6.45, 7) is 2.60. The minimum absolute atomic E-state index is 0.816. The van der Waals surface area contributed by atoms with E-state index >= 15 is 0 Å². The molecule has 0 saturated carbocycles. The molecule has 3 atom stereocenters. The molecule has 0 amide bonds. The van der Waals surface area contributed by atoms with Gasteiger partial charge in [-0.25, -0.2) is 0 Å². The van der Waals surface area contributed by atoms with Crippen molar-refractivity contribution >= 4 is 0 Å². The van der Waals surface area contributed by atoms with Gasteiger partial charge in [-0.1, -0.05) is 6.42 Å². The van der Waals surface area contributed by atoms with Gasteiger partial charge >= 0.3 is 0 Å². The van der Waals surface area contributed by atoms with Crippen LogP contribution < -0.4 is 5.32 Å². The van der Waals surface area contributed by atoms with Crippen molar-refractivity contribution in [3.63, 3.8) is 0 Å². The Morgan fingerprint density at radius 3 is 2.36 bits per heavy atom. The Balaban J connectivity index is 1.61. The van der Waals surface area contributed by atoms with E-state index in [4.69, 9.17) is 0 Å². The summed E-state index contributed by atoms with van der Waals surface area (Å²) >= 11 is 0. The minimum atomic E-state index is 0.816. The van der Waals surface area contributed by atoms with Crippen molar-refractivity contribution in [3.8, 4) is 0 Å². The minimum Gasteiger partial charge on any atom is -0.313 e. The van der Waals surface area contributed by atoms with Crippen LogP contribution in [0, 0.1) is 0 Å². The Bertz CT molecular complexity index is 182. The molecule has 3 heterocycles. The van der Waals surface area contributed by atoms with E-state index in [-0.39, 0.29) is 0 Å². The lowest BCUT2D eigenvalue weighted by atomic mass is 10.0. The maximum absolute atomic E-state index is 3.63. The molecular weight excluding hydrogens is 172 g/mol. The predicted molar refractivity (Wildman–Crippen MR) is 58.4 cm³/mol. The normalized spacial score (nSPS) is 43.3. The summed E-state index contributed by atoms with van der Waals surface area (Å²) in [7, 11) is 0. The van der Waals surface area contributed by atoms with Crippen molar-refractivity contribution in [2.24, 2.45) is 0 Å². The number of hydrogen-bond donors (Lipinski definition) is 1. The van der Waals surface area contributed by atoms with Gasteiger partial charge in [-0.05, 0) is 45.1 Å². The molecule has 14 heavy (non-hydrogen) atoms. The van der Waals surface area contributed by atoms with Crippen LogP contribution in [0.2, 0.25) is 0 Å². The average Bonchev–Trinajstić information content (AvgIpc) is 2.75. The molecule has 80 valence electrons. The molecule has 0 aromatic rings. The number of nitrogens with one attached hydrogen (secondary N) is 1. The van der Waals surface area contributed by atoms with Crippen LogP contribution in [-0.2, 0) is 0 Å². The Labute approximate surface area is 87.0 Å². The number of nitrogens with zero attached hydrogens (tertiary/aromatic N) is 1. The number of piperidine rings is 1. The predicted octanol–water partition coefficient (Wildman–Crippen LogP) is 1.76. The Kier molecular flexibility index (Phi) is 2.50. The number of rotatable bonds is 2. The van der Waals surface area contributed by atoms with Crippen LogP contribution in [0.4, 0.5) is 0 Å². The molecule has 0 aromatic heterocycles. The number of hydrogen-bond acceptors (Lipinski definition) is 2. The number of fused-ring (bicyclic) bond motifs is 2. The van der Waals surface area contributed by atoms with Crippen LogP contribution in [0.3, 0.4) is 0 Å². The van der Waals surface area contributed by atoms with Crippen molar-refractivity contribution in [2.45, 2.75) is 63.1 Å². The monoisotopic (exact) mass is 194 g/mol. The fourth-order valence-electron chi connectivity index (χ4n) is 3.69. The van der Waals surface area contributed by atoms with Gasteiger partial charge in [0.25, 0.3) is 0 Å². The quantitative estimate of drug-likeness (QED) is 0.720. The standard InChI is InChI=1S/C12H22N2/c1-4-11-6-7-12(5-1)14(11)9-10-3-2-8-13-10/h10-13H,1-9H2. The van der Waals surface area contributed by atoms with Gasteiger partial charge in [0.1, 0.15) is 0 Å². The zero-order valence-electron chi connectivity index (χ0n) is 9.04. The van der Waals surface area contributed by atoms with Crippen LogP contribution in [-0.4, -0.2) is 36.1 Å². The van der Waals surface area contributed by atoms with Gasteiger partial charge in [-0.2, -0.15) is 0 Å². The molecule has 3 unspecified atom stereocenters. The molecule has 3 fully saturated rings. The molecule has 3 aliphatic rings. The lowest BCUT2D eigenvalue weighted by Gasteiger charge is -2.36. The average molecular weight is 194 g/mol. The summed E-state index contributed by atoms with van der Waals surface area (Å²) in [5.41, 5.74) is 0. The van der Waals surface area contributed by atoms with E-state index in [9.17, 15) is 0 Å². The third-order valence-corrected chi connectivity index (χ3v) is 4.44. The zero-order valence-corrected chi connectivity index (χ0v) is 9.04. The molecule has 2 heteroatoms. The van der Waals surface area contributed by atoms with E-state index in [2.05, 4.69) is 10.2 Å². The molecule has 0 aliphatic carbocycles. The van der Waals surface area contributed by atoms with Crippen molar-refractivity contribution in [1.82, 2.24) is 10.2 Å². The molecule has 3 aliphatic heterocycles. The van der Waals surface area contributed by atoms with E-state index in [0.29, 0.717) is 0 Å². The van der Waals surface area contributed by atoms with Crippen LogP contribution in [0.25, 0.3) is 0 Å². The Hall–Kier alpha value is -0.0800. The highest BCUT2D eigenvalue weighted by molar-refractivity contribution is 4.94. The lowest BCUT2D eigenvalue weighted by molar-refractivity contribution is 0.128. The fraction of sp³-hybridized carbons (Fsp3) is 1.00. The molecule has 0 radical (unpaired) electrons. The molecule has 2 nitrogen and oxygen atoms in total. The Morgan fingerprint density at radius 2 is 1.71 bits per heavy atom. The van der Waals surface area contributed by atoms with Crippen molar-refractivity contribution in [3.05, 3.63) is 0 Å². The summed E-state index contributed by atoms with van der Waals surface area (Å²) in [5.74, 6) is 0. The third kappa shape index (κ3) is 1.59. The van der Waals surface area contributed by atoms with Crippen molar-refractivity contribution in [2.75, 3.05) is 13.1 Å². The summed E-state index contributed by atoms with van der Waals surface area (Å²) in [4.78, 5) is 2.83. The van der Waals surface area contributed by atoms with Gasteiger partial charge in [0, 0.05) is 24.7 Å². The van der Waals surface area contributed by atoms with Crippen LogP contribution in [0.15, 0.2) is 0 Å². The first-order valence-electron chi connectivity index (χ1n) is 6.42. The van der Waals surface area contributed by atoms with E-state index in [0.717, 1.165) is 18.1 Å². The Morgan fingerprint density at radius 1 is 0.929 bits per heavy atom. The summed E-state index contributed by atoms with van der Waals surface area (Å²) in [6.07, 6.45) is 10.2. The third-order valence-electron chi connectivity index (χ3n) is 4.44. The zero-order chi connectivity index (χ0) is 9.38. The van der Waals surface area contributed by atoms with E-state index in [1.807, 2.05) is 0 Å². The molecule has 0 aromatic carbocycles. The highest BCUT2D eigenvalue weighted by Gasteiger charge is 2.37. The van der Waals surface area contributed by atoms with Crippen molar-refractivity contribution < 1.29 is 0 Å². The second-order valence-electron chi connectivity index (χ2n) is 5.31. The van der Waals surface area contributed by atoms with Gasteiger partial charge in [0.2, 0.25) is 0 Å². The molecule has 2 bridgehead atoms. The van der Waals surface area contributed by atoms with Crippen LogP contribution in [0.5, 0.6) is 0 Å². The second-order valence-corrected chi connectivity index (χ2v) is 5.31. The SMILES string of the molecule is C1CNC(CN2C3CCCC2CC3)C1. The maximum Gasteiger partial charge on any atom is 0.0195 e. The molecule has 1 N–H and O–H groups in total. The van der Waals surface area contributed by atoms with Crippen molar-refractivity contribution in [1.29, 1.82) is 0 Å². The summed E-state index contributed by atoms with van der Waals surface area (Å²) in [5, 5.41) is 3.63. The topological polar surface area (TPSA) is 15.3 Å². The molecular formula is C12H22N2. The van der Waals surface area contributed by atoms with Crippen LogP contribution in [0.1, 0.15) is 44.9 Å². The first-order valence-corrected chi connectivity index (χ1v) is 6.42. The second kappa shape index (κ2) is 3.82. The molecule has 0 spiro atoms. The first kappa shape index (κ1) is 9.17. The summed E-state index contributed by atoms with van der Waals surface area (Å²) < 4.78 is 0. The van der Waals surface area contributed by atoms with Gasteiger partial charge in [0.05, 0.1) is 0 Å². The van der Waals surface area contributed by atoms with Crippen LogP contribution >= 0.6 is 0 Å². The fourth-order valence-corrected chi connectivity index (χ4v) is 3.69. The highest BCUT2D eigenvalue weighted by Crippen LogP contribution is 2.35. The van der Waals surface area contributed by atoms with E-state index in [1.54, 1.807) is 0 Å². The summed E-state index contributed by atoms with van der Waals surface area (Å²) in [6, 6.07) is 2.73. The van der Waals surface area contributed by atoms with E-state index < -0.39 is 0 Å². The largest absolute Gasteiger partial charge is 0.313 e. The first-order chi connectivity index (χ1) is 6.93. The maximum atomic E-state index is 3.63. The van der Waals surface area contributed by atoms with Gasteiger partial charge in [-0.3, -0.25) is 4.90 Å². The molecule has 3 saturated heterocycles. The highest BCUT2D eigenvalue weighted by atomic mass is 15.2. The van der Waals surface area contributed by atoms with Gasteiger partial charge < -0.3 is 5.32 Å². The van der Waals surface area contributed by atoms with E-state index in [1.165, 1.54) is 58.0 Å². The van der Waals surface area contributed by atoms with Gasteiger partial charge in [-0.15, -0.1) is 0 Å². The molecule has 3 rings (SSSR count).